The van der Waals surface area contributed by atoms with Crippen molar-refractivity contribution < 1.29 is 19.8 Å². The van der Waals surface area contributed by atoms with E-state index in [1.807, 2.05) is 0 Å². The van der Waals surface area contributed by atoms with Crippen molar-refractivity contribution >= 4 is 11.9 Å². The Morgan fingerprint density at radius 3 is 2.58 bits per heavy atom. The van der Waals surface area contributed by atoms with Gasteiger partial charge in [0.25, 0.3) is 5.91 Å². The number of fused-ring (bicyclic) bond motifs is 1. The number of aromatic carboxylic acids is 1. The summed E-state index contributed by atoms with van der Waals surface area (Å²) in [5, 5.41) is 19.9. The number of hydrogen-bond donors (Lipinski definition) is 3. The van der Waals surface area contributed by atoms with Crippen molar-refractivity contribution in [1.29, 1.82) is 0 Å². The SMILES string of the molecule is CC(C)N1NCn2cc(C(=O)O)c(=O)c(O)c2C1=O. The first kappa shape index (κ1) is 13.1. The van der Waals surface area contributed by atoms with Crippen LogP contribution in [0.2, 0.25) is 0 Å². The highest BCUT2D eigenvalue weighted by molar-refractivity contribution is 5.97. The van der Waals surface area contributed by atoms with Gasteiger partial charge in [-0.3, -0.25) is 14.6 Å². The smallest absolute Gasteiger partial charge is 0.341 e. The molecule has 0 unspecified atom stereocenters. The molecule has 1 aromatic rings. The van der Waals surface area contributed by atoms with Gasteiger partial charge in [-0.05, 0) is 13.8 Å². The first-order chi connectivity index (χ1) is 8.84. The number of hydrogen-bond acceptors (Lipinski definition) is 5. The largest absolute Gasteiger partial charge is 0.503 e. The summed E-state index contributed by atoms with van der Waals surface area (Å²) in [4.78, 5) is 34.7. The zero-order valence-corrected chi connectivity index (χ0v) is 10.4. The van der Waals surface area contributed by atoms with Crippen LogP contribution in [0.25, 0.3) is 0 Å². The second-order valence-corrected chi connectivity index (χ2v) is 4.43. The van der Waals surface area contributed by atoms with E-state index in [-0.39, 0.29) is 18.4 Å². The summed E-state index contributed by atoms with van der Waals surface area (Å²) < 4.78 is 1.21. The lowest BCUT2D eigenvalue weighted by Crippen LogP contribution is -2.53. The molecule has 8 heteroatoms. The topological polar surface area (TPSA) is 112 Å². The van der Waals surface area contributed by atoms with Gasteiger partial charge < -0.3 is 14.8 Å². The lowest BCUT2D eigenvalue weighted by Gasteiger charge is -2.33. The average molecular weight is 267 g/mol. The highest BCUT2D eigenvalue weighted by Crippen LogP contribution is 2.19. The van der Waals surface area contributed by atoms with Crippen molar-refractivity contribution in [2.24, 2.45) is 0 Å². The van der Waals surface area contributed by atoms with Gasteiger partial charge in [0.05, 0.1) is 6.67 Å². The van der Waals surface area contributed by atoms with Gasteiger partial charge in [0.15, 0.2) is 11.4 Å². The molecule has 1 aliphatic rings. The number of nitrogens with one attached hydrogen (secondary N) is 1. The second kappa shape index (κ2) is 4.39. The Morgan fingerprint density at radius 2 is 2.05 bits per heavy atom. The third kappa shape index (κ3) is 1.95. The van der Waals surface area contributed by atoms with Gasteiger partial charge in [-0.25, -0.2) is 10.2 Å². The maximum absolute atomic E-state index is 12.1. The summed E-state index contributed by atoms with van der Waals surface area (Å²) in [5.74, 6) is -2.86. The fourth-order valence-electron chi connectivity index (χ4n) is 1.91. The van der Waals surface area contributed by atoms with Crippen molar-refractivity contribution in [3.8, 4) is 5.75 Å². The Morgan fingerprint density at radius 1 is 1.42 bits per heavy atom. The van der Waals surface area contributed by atoms with Crippen LogP contribution in [-0.4, -0.2) is 37.7 Å². The second-order valence-electron chi connectivity index (χ2n) is 4.43. The number of aromatic hydroxyl groups is 1. The summed E-state index contributed by atoms with van der Waals surface area (Å²) in [6.07, 6.45) is 1.04. The van der Waals surface area contributed by atoms with Crippen LogP contribution in [-0.2, 0) is 6.67 Å². The molecule has 0 bridgehead atoms. The van der Waals surface area contributed by atoms with Gasteiger partial charge in [0.2, 0.25) is 5.43 Å². The molecule has 1 aliphatic heterocycles. The number of carbonyl (C=O) groups is 2. The molecule has 0 radical (unpaired) electrons. The van der Waals surface area contributed by atoms with Gasteiger partial charge in [-0.1, -0.05) is 0 Å². The Bertz CT molecular complexity index is 619. The van der Waals surface area contributed by atoms with Gasteiger partial charge in [0.1, 0.15) is 5.56 Å². The van der Waals surface area contributed by atoms with Crippen LogP contribution in [0, 0.1) is 0 Å². The van der Waals surface area contributed by atoms with Crippen LogP contribution < -0.4 is 10.9 Å². The molecule has 0 aromatic carbocycles. The standard InChI is InChI=1S/C11H13N3O5/c1-5(2)14-10(17)7-9(16)8(15)6(11(18)19)3-13(7)4-12-14/h3,5,12,16H,4H2,1-2H3,(H,18,19). The van der Waals surface area contributed by atoms with E-state index in [2.05, 4.69) is 5.43 Å². The zero-order chi connectivity index (χ0) is 14.3. The summed E-state index contributed by atoms with van der Waals surface area (Å²) in [7, 11) is 0. The molecule has 3 N–H and O–H groups in total. The zero-order valence-electron chi connectivity index (χ0n) is 10.4. The number of carbonyl (C=O) groups excluding carboxylic acids is 1. The van der Waals surface area contributed by atoms with Crippen LogP contribution in [0.15, 0.2) is 11.0 Å². The number of nitrogens with zero attached hydrogens (tertiary/aromatic N) is 2. The van der Waals surface area contributed by atoms with E-state index in [0.717, 1.165) is 6.20 Å². The first-order valence-corrected chi connectivity index (χ1v) is 5.61. The summed E-state index contributed by atoms with van der Waals surface area (Å²) in [6.45, 7) is 3.62. The molecule has 2 heterocycles. The number of carboxylic acids is 1. The van der Waals surface area contributed by atoms with Gasteiger partial charge in [-0.15, -0.1) is 0 Å². The molecule has 0 spiro atoms. The average Bonchev–Trinajstić information content (AvgIpc) is 2.32. The summed E-state index contributed by atoms with van der Waals surface area (Å²) in [6, 6.07) is -0.171. The van der Waals surface area contributed by atoms with E-state index in [1.165, 1.54) is 9.58 Å². The number of rotatable bonds is 2. The van der Waals surface area contributed by atoms with Crippen molar-refractivity contribution in [3.05, 3.63) is 27.7 Å². The molecule has 1 amide bonds. The monoisotopic (exact) mass is 267 g/mol. The number of carboxylic acid groups (broad SMARTS) is 1. The Hall–Kier alpha value is -2.35. The maximum atomic E-state index is 12.1. The molecular formula is C11H13N3O5. The number of pyridine rings is 1. The molecule has 0 saturated carbocycles. The molecule has 0 fully saturated rings. The van der Waals surface area contributed by atoms with E-state index >= 15 is 0 Å². The minimum absolute atomic E-state index is 0.0906. The van der Waals surface area contributed by atoms with Crippen LogP contribution in [0.1, 0.15) is 34.7 Å². The van der Waals surface area contributed by atoms with Gasteiger partial charge >= 0.3 is 5.97 Å². The first-order valence-electron chi connectivity index (χ1n) is 5.61. The van der Waals surface area contributed by atoms with Crippen LogP contribution in [0.4, 0.5) is 0 Å². The molecular weight excluding hydrogens is 254 g/mol. The van der Waals surface area contributed by atoms with Crippen molar-refractivity contribution in [1.82, 2.24) is 15.0 Å². The van der Waals surface area contributed by atoms with Crippen molar-refractivity contribution in [2.75, 3.05) is 0 Å². The predicted molar refractivity (Wildman–Crippen MR) is 63.8 cm³/mol. The predicted octanol–water partition coefficient (Wildman–Crippen LogP) is -0.422. The van der Waals surface area contributed by atoms with Crippen molar-refractivity contribution in [2.45, 2.75) is 26.6 Å². The lowest BCUT2D eigenvalue weighted by atomic mass is 10.2. The van der Waals surface area contributed by atoms with E-state index in [0.29, 0.717) is 0 Å². The van der Waals surface area contributed by atoms with Crippen molar-refractivity contribution in [3.63, 3.8) is 0 Å². The molecule has 8 nitrogen and oxygen atoms in total. The molecule has 102 valence electrons. The van der Waals surface area contributed by atoms with Gasteiger partial charge in [0, 0.05) is 12.2 Å². The molecule has 2 rings (SSSR count). The maximum Gasteiger partial charge on any atom is 0.341 e. The molecule has 0 saturated heterocycles. The van der Waals surface area contributed by atoms with Gasteiger partial charge in [-0.2, -0.15) is 0 Å². The molecule has 0 atom stereocenters. The van der Waals surface area contributed by atoms with Crippen LogP contribution >= 0.6 is 0 Å². The highest BCUT2D eigenvalue weighted by Gasteiger charge is 2.31. The summed E-state index contributed by atoms with van der Waals surface area (Å²) in [5.41, 5.74) is 0.939. The molecule has 19 heavy (non-hydrogen) atoms. The lowest BCUT2D eigenvalue weighted by molar-refractivity contribution is 0.0459. The Kier molecular flexibility index (Phi) is 3.03. The van der Waals surface area contributed by atoms with E-state index in [4.69, 9.17) is 5.11 Å². The highest BCUT2D eigenvalue weighted by atomic mass is 16.4. The fourth-order valence-corrected chi connectivity index (χ4v) is 1.91. The molecule has 0 aliphatic carbocycles. The van der Waals surface area contributed by atoms with E-state index in [9.17, 15) is 19.5 Å². The van der Waals surface area contributed by atoms with Crippen LogP contribution in [0.3, 0.4) is 0 Å². The van der Waals surface area contributed by atoms with Crippen LogP contribution in [0.5, 0.6) is 5.75 Å². The molecule has 1 aromatic heterocycles. The fraction of sp³-hybridized carbons (Fsp3) is 0.364. The third-order valence-electron chi connectivity index (χ3n) is 2.84. The number of hydrazine groups is 1. The Balaban J connectivity index is 2.64. The normalized spacial score (nSPS) is 14.7. The number of amides is 1. The van der Waals surface area contributed by atoms with E-state index in [1.54, 1.807) is 13.8 Å². The van der Waals surface area contributed by atoms with E-state index < -0.39 is 28.6 Å². The number of aromatic nitrogens is 1. The minimum atomic E-state index is -1.45. The quantitative estimate of drug-likeness (QED) is 0.671. The minimum Gasteiger partial charge on any atom is -0.503 e. The summed E-state index contributed by atoms with van der Waals surface area (Å²) >= 11 is 0. The third-order valence-corrected chi connectivity index (χ3v) is 2.84. The Labute approximate surface area is 107 Å².